The van der Waals surface area contributed by atoms with Crippen molar-refractivity contribution in [3.63, 3.8) is 0 Å². The molecule has 2 rings (SSSR count). The summed E-state index contributed by atoms with van der Waals surface area (Å²) in [5.41, 5.74) is 4.54. The number of carbonyl (C=O) groups excluding carboxylic acids is 7. The van der Waals surface area contributed by atoms with Gasteiger partial charge in [0.05, 0.1) is 19.6 Å². The van der Waals surface area contributed by atoms with Crippen molar-refractivity contribution in [1.29, 1.82) is 0 Å². The highest BCUT2D eigenvalue weighted by Gasteiger charge is 2.25. The summed E-state index contributed by atoms with van der Waals surface area (Å²) in [6.45, 7) is 5.99. The van der Waals surface area contributed by atoms with Gasteiger partial charge in [0.15, 0.2) is 0 Å². The summed E-state index contributed by atoms with van der Waals surface area (Å²) in [6, 6.07) is 3.28. The molecule has 0 aliphatic carbocycles. The van der Waals surface area contributed by atoms with Crippen molar-refractivity contribution in [3.8, 4) is 0 Å². The van der Waals surface area contributed by atoms with Gasteiger partial charge in [0.2, 0.25) is 41.4 Å². The number of aryl methyl sites for hydroxylation is 1. The van der Waals surface area contributed by atoms with E-state index in [2.05, 4.69) is 43.0 Å². The zero-order chi connectivity index (χ0) is 37.2. The van der Waals surface area contributed by atoms with Gasteiger partial charge in [-0.05, 0) is 70.1 Å². The molecule has 0 radical (unpaired) electrons. The monoisotopic (exact) mass is 701 g/mol. The van der Waals surface area contributed by atoms with E-state index in [9.17, 15) is 38.4 Å². The predicted octanol–water partition coefficient (Wildman–Crippen LogP) is -1.51. The van der Waals surface area contributed by atoms with E-state index in [1.165, 1.54) is 32.9 Å². The van der Waals surface area contributed by atoms with Crippen LogP contribution in [0, 0.1) is 6.92 Å². The van der Waals surface area contributed by atoms with Gasteiger partial charge in [-0.1, -0.05) is 0 Å². The number of fused-ring (bicyclic) bond motifs is 1. The number of quaternary nitrogens is 1. The van der Waals surface area contributed by atoms with Crippen LogP contribution in [0.15, 0.2) is 33.5 Å². The standard InChI is InChI=1S/C33H48N8O9/c1-19-15-30(46)50-27-16-23(11-12-24(19)27)40-33(49)26(10-6-8-14-35-21(3)42)41-31(47)20(2)38-29(45)18-36-28(44)17-37-32(48)25(39-22(4)43)9-5-7-13-34/h11-12,15-16,20,25-26H,5-10,13-14,17-18,34H2,1-4H3,(H,35,42)(H,36,44)(H,37,48)(H,38,45)(H,39,43)(H,40,49)(H,41,47)/p+1/t20-,25-,26-/m0/s1. The molecule has 0 aliphatic heterocycles. The molecule has 1 heterocycles. The number of hydrogen-bond donors (Lipinski definition) is 8. The Kier molecular flexibility index (Phi) is 17.1. The summed E-state index contributed by atoms with van der Waals surface area (Å²) in [5, 5.41) is 18.5. The molecule has 1 aromatic heterocycles. The Balaban J connectivity index is 1.94. The van der Waals surface area contributed by atoms with Crippen LogP contribution in [-0.2, 0) is 33.6 Å². The molecule has 17 nitrogen and oxygen atoms in total. The third-order valence-electron chi connectivity index (χ3n) is 7.47. The van der Waals surface area contributed by atoms with E-state index in [4.69, 9.17) is 4.42 Å². The Morgan fingerprint density at radius 1 is 0.740 bits per heavy atom. The summed E-state index contributed by atoms with van der Waals surface area (Å²) in [5.74, 6) is -3.69. The van der Waals surface area contributed by atoms with Crippen LogP contribution in [0.4, 0.5) is 5.69 Å². The van der Waals surface area contributed by atoms with Crippen LogP contribution >= 0.6 is 0 Å². The molecule has 0 bridgehead atoms. The van der Waals surface area contributed by atoms with Crippen LogP contribution < -0.4 is 48.6 Å². The number of amides is 7. The number of rotatable bonds is 20. The average molecular weight is 702 g/mol. The lowest BCUT2D eigenvalue weighted by Crippen LogP contribution is -2.53. The van der Waals surface area contributed by atoms with Gasteiger partial charge in [0.1, 0.15) is 23.7 Å². The molecule has 0 aliphatic rings. The fourth-order valence-corrected chi connectivity index (χ4v) is 4.86. The van der Waals surface area contributed by atoms with Gasteiger partial charge in [-0.3, -0.25) is 33.6 Å². The van der Waals surface area contributed by atoms with Crippen LogP contribution in [-0.4, -0.2) is 85.7 Å². The predicted molar refractivity (Wildman–Crippen MR) is 183 cm³/mol. The average Bonchev–Trinajstić information content (AvgIpc) is 3.04. The Morgan fingerprint density at radius 2 is 1.40 bits per heavy atom. The number of hydrogen-bond acceptors (Lipinski definition) is 9. The first-order valence-electron chi connectivity index (χ1n) is 16.5. The molecule has 3 atom stereocenters. The lowest BCUT2D eigenvalue weighted by Gasteiger charge is -2.21. The molecule has 0 unspecified atom stereocenters. The van der Waals surface area contributed by atoms with Gasteiger partial charge in [-0.15, -0.1) is 0 Å². The normalized spacial score (nSPS) is 12.5. The molecule has 50 heavy (non-hydrogen) atoms. The highest BCUT2D eigenvalue weighted by molar-refractivity contribution is 6.00. The van der Waals surface area contributed by atoms with Crippen molar-refractivity contribution in [2.24, 2.45) is 0 Å². The molecule has 0 spiro atoms. The zero-order valence-corrected chi connectivity index (χ0v) is 29.0. The highest BCUT2D eigenvalue weighted by Crippen LogP contribution is 2.21. The second-order valence-electron chi connectivity index (χ2n) is 11.9. The lowest BCUT2D eigenvalue weighted by atomic mass is 10.1. The van der Waals surface area contributed by atoms with Crippen LogP contribution in [0.3, 0.4) is 0 Å². The van der Waals surface area contributed by atoms with Crippen LogP contribution in [0.2, 0.25) is 0 Å². The third kappa shape index (κ3) is 14.8. The second kappa shape index (κ2) is 20.9. The molecule has 17 heteroatoms. The Morgan fingerprint density at radius 3 is 2.06 bits per heavy atom. The summed E-state index contributed by atoms with van der Waals surface area (Å²) < 4.78 is 5.25. The van der Waals surface area contributed by atoms with Gasteiger partial charge in [0, 0.05) is 43.6 Å². The lowest BCUT2D eigenvalue weighted by molar-refractivity contribution is -0.368. The fourth-order valence-electron chi connectivity index (χ4n) is 4.86. The quantitative estimate of drug-likeness (QED) is 0.0588. The summed E-state index contributed by atoms with van der Waals surface area (Å²) in [4.78, 5) is 98.1. The van der Waals surface area contributed by atoms with Crippen molar-refractivity contribution in [3.05, 3.63) is 40.2 Å². The van der Waals surface area contributed by atoms with Gasteiger partial charge in [-0.25, -0.2) is 4.79 Å². The summed E-state index contributed by atoms with van der Waals surface area (Å²) in [6.07, 6.45) is 3.03. The van der Waals surface area contributed by atoms with Crippen molar-refractivity contribution in [2.45, 2.75) is 84.3 Å². The molecule has 0 saturated heterocycles. The fraction of sp³-hybridized carbons (Fsp3) is 0.515. The molecule has 0 fully saturated rings. The van der Waals surface area contributed by atoms with E-state index in [0.29, 0.717) is 55.4 Å². The van der Waals surface area contributed by atoms with Crippen LogP contribution in [0.1, 0.15) is 64.9 Å². The van der Waals surface area contributed by atoms with Gasteiger partial charge >= 0.3 is 5.63 Å². The van der Waals surface area contributed by atoms with Crippen LogP contribution in [0.5, 0.6) is 0 Å². The first-order chi connectivity index (χ1) is 23.7. The number of carbonyl (C=O) groups is 7. The van der Waals surface area contributed by atoms with E-state index in [1.807, 2.05) is 0 Å². The SMILES string of the molecule is CC(=O)NCCCC[C@H](NC(=O)[C@H](C)NC(=O)CNC(=O)CNC(=O)[C@H](CCCC[NH3+])NC(C)=O)C(=O)Nc1ccc2c(C)cc(=O)oc2c1. The molecule has 2 aromatic rings. The topological polar surface area (TPSA) is 262 Å². The number of nitrogens with one attached hydrogen (secondary N) is 7. The minimum absolute atomic E-state index is 0.192. The molecule has 0 saturated carbocycles. The van der Waals surface area contributed by atoms with Crippen molar-refractivity contribution >= 4 is 58.0 Å². The first kappa shape index (κ1) is 40.9. The van der Waals surface area contributed by atoms with E-state index in [0.717, 1.165) is 6.42 Å². The van der Waals surface area contributed by atoms with E-state index in [1.54, 1.807) is 19.1 Å². The van der Waals surface area contributed by atoms with Crippen molar-refractivity contribution < 1.29 is 43.7 Å². The third-order valence-corrected chi connectivity index (χ3v) is 7.47. The maximum Gasteiger partial charge on any atom is 0.336 e. The van der Waals surface area contributed by atoms with Crippen LogP contribution in [0.25, 0.3) is 11.0 Å². The maximum atomic E-state index is 13.3. The van der Waals surface area contributed by atoms with E-state index < -0.39 is 66.4 Å². The Bertz CT molecular complexity index is 1590. The largest absolute Gasteiger partial charge is 0.423 e. The van der Waals surface area contributed by atoms with E-state index in [-0.39, 0.29) is 23.8 Å². The first-order valence-corrected chi connectivity index (χ1v) is 16.5. The smallest absolute Gasteiger partial charge is 0.336 e. The van der Waals surface area contributed by atoms with Gasteiger partial charge in [0.25, 0.3) is 0 Å². The molecular weight excluding hydrogens is 652 g/mol. The Labute approximate surface area is 289 Å². The molecular formula is C33H49N8O9+. The van der Waals surface area contributed by atoms with Crippen molar-refractivity contribution in [2.75, 3.05) is 31.5 Å². The summed E-state index contributed by atoms with van der Waals surface area (Å²) in [7, 11) is 0. The highest BCUT2D eigenvalue weighted by atomic mass is 16.4. The Hall–Kier alpha value is -5.32. The van der Waals surface area contributed by atoms with E-state index >= 15 is 0 Å². The number of anilines is 1. The molecule has 1 aromatic carbocycles. The zero-order valence-electron chi connectivity index (χ0n) is 29.0. The van der Waals surface area contributed by atoms with Gasteiger partial charge < -0.3 is 47.4 Å². The van der Waals surface area contributed by atoms with Crippen molar-refractivity contribution in [1.82, 2.24) is 31.9 Å². The van der Waals surface area contributed by atoms with Gasteiger partial charge in [-0.2, -0.15) is 0 Å². The molecule has 7 amide bonds. The molecule has 274 valence electrons. The number of benzene rings is 1. The minimum Gasteiger partial charge on any atom is -0.423 e. The minimum atomic E-state index is -1.09. The maximum absolute atomic E-state index is 13.3. The number of unbranched alkanes of at least 4 members (excludes halogenated alkanes) is 2. The summed E-state index contributed by atoms with van der Waals surface area (Å²) >= 11 is 0. The molecule has 10 N–H and O–H groups in total. The second-order valence-corrected chi connectivity index (χ2v) is 11.9.